The van der Waals surface area contributed by atoms with E-state index >= 15 is 0 Å². The SMILES string of the molecule is CN(C(=O)Oc1ccc(NC(=O)CC2CCCCC2)cn1)c1ccccc1. The van der Waals surface area contributed by atoms with Gasteiger partial charge in [-0.1, -0.05) is 37.5 Å². The molecule has 1 aromatic carbocycles. The maximum atomic E-state index is 12.2. The molecule has 0 aliphatic heterocycles. The number of pyridine rings is 1. The van der Waals surface area contributed by atoms with Crippen molar-refractivity contribution in [3.63, 3.8) is 0 Å². The van der Waals surface area contributed by atoms with Crippen LogP contribution < -0.4 is 15.0 Å². The fourth-order valence-electron chi connectivity index (χ4n) is 3.30. The van der Waals surface area contributed by atoms with E-state index in [4.69, 9.17) is 4.74 Å². The maximum Gasteiger partial charge on any atom is 0.420 e. The highest BCUT2D eigenvalue weighted by Crippen LogP contribution is 2.26. The predicted molar refractivity (Wildman–Crippen MR) is 105 cm³/mol. The topological polar surface area (TPSA) is 71.5 Å². The van der Waals surface area contributed by atoms with Crippen molar-refractivity contribution in [2.24, 2.45) is 5.92 Å². The normalized spacial score (nSPS) is 14.4. The first-order valence-electron chi connectivity index (χ1n) is 9.38. The number of rotatable bonds is 5. The van der Waals surface area contributed by atoms with Gasteiger partial charge in [0.15, 0.2) is 0 Å². The third-order valence-corrected chi connectivity index (χ3v) is 4.83. The number of nitrogens with one attached hydrogen (secondary N) is 1. The van der Waals surface area contributed by atoms with E-state index in [0.29, 0.717) is 18.0 Å². The zero-order valence-electron chi connectivity index (χ0n) is 15.6. The summed E-state index contributed by atoms with van der Waals surface area (Å²) in [6.45, 7) is 0. The van der Waals surface area contributed by atoms with Crippen LogP contribution in [-0.2, 0) is 4.79 Å². The van der Waals surface area contributed by atoms with E-state index in [9.17, 15) is 9.59 Å². The number of hydrogen-bond acceptors (Lipinski definition) is 4. The van der Waals surface area contributed by atoms with Gasteiger partial charge in [-0.05, 0) is 37.0 Å². The molecule has 6 nitrogen and oxygen atoms in total. The Morgan fingerprint density at radius 1 is 1.11 bits per heavy atom. The number of amides is 2. The monoisotopic (exact) mass is 367 g/mol. The van der Waals surface area contributed by atoms with Gasteiger partial charge in [0.05, 0.1) is 11.9 Å². The summed E-state index contributed by atoms with van der Waals surface area (Å²) in [6.07, 6.45) is 7.52. The molecule has 3 rings (SSSR count). The summed E-state index contributed by atoms with van der Waals surface area (Å²) < 4.78 is 5.28. The molecule has 6 heteroatoms. The first kappa shape index (κ1) is 18.9. The number of ether oxygens (including phenoxy) is 1. The van der Waals surface area contributed by atoms with E-state index in [0.717, 1.165) is 18.5 Å². The number of para-hydroxylation sites is 1. The average molecular weight is 367 g/mol. The Morgan fingerprint density at radius 3 is 2.52 bits per heavy atom. The first-order chi connectivity index (χ1) is 13.1. The van der Waals surface area contributed by atoms with Crippen LogP contribution in [0.4, 0.5) is 16.2 Å². The van der Waals surface area contributed by atoms with Crippen molar-refractivity contribution in [1.29, 1.82) is 0 Å². The number of carbonyl (C=O) groups is 2. The second-order valence-corrected chi connectivity index (χ2v) is 6.90. The lowest BCUT2D eigenvalue weighted by molar-refractivity contribution is -0.117. The summed E-state index contributed by atoms with van der Waals surface area (Å²) in [6, 6.07) is 12.5. The van der Waals surface area contributed by atoms with Gasteiger partial charge in [-0.3, -0.25) is 9.69 Å². The maximum absolute atomic E-state index is 12.2. The molecule has 1 heterocycles. The predicted octanol–water partition coefficient (Wildman–Crippen LogP) is 4.63. The van der Waals surface area contributed by atoms with Crippen LogP contribution in [0, 0.1) is 5.92 Å². The summed E-state index contributed by atoms with van der Waals surface area (Å²) in [5.41, 5.74) is 1.33. The molecule has 0 atom stereocenters. The highest BCUT2D eigenvalue weighted by molar-refractivity contribution is 5.91. The summed E-state index contributed by atoms with van der Waals surface area (Å²) in [7, 11) is 1.64. The van der Waals surface area contributed by atoms with Crippen LogP contribution in [0.5, 0.6) is 5.88 Å². The van der Waals surface area contributed by atoms with E-state index in [2.05, 4.69) is 10.3 Å². The molecule has 0 saturated heterocycles. The second kappa shape index (κ2) is 9.16. The van der Waals surface area contributed by atoms with Crippen molar-refractivity contribution in [1.82, 2.24) is 4.98 Å². The summed E-state index contributed by atoms with van der Waals surface area (Å²) in [5, 5.41) is 2.87. The van der Waals surface area contributed by atoms with Crippen molar-refractivity contribution in [2.75, 3.05) is 17.3 Å². The minimum absolute atomic E-state index is 0.0113. The Morgan fingerprint density at radius 2 is 1.85 bits per heavy atom. The minimum atomic E-state index is -0.525. The molecule has 1 fully saturated rings. The van der Waals surface area contributed by atoms with Crippen LogP contribution >= 0.6 is 0 Å². The number of aromatic nitrogens is 1. The molecule has 1 aliphatic rings. The van der Waals surface area contributed by atoms with Gasteiger partial charge in [0.1, 0.15) is 0 Å². The van der Waals surface area contributed by atoms with E-state index < -0.39 is 6.09 Å². The summed E-state index contributed by atoms with van der Waals surface area (Å²) >= 11 is 0. The molecule has 0 unspecified atom stereocenters. The third kappa shape index (κ3) is 5.54. The molecule has 0 radical (unpaired) electrons. The molecule has 0 bridgehead atoms. The van der Waals surface area contributed by atoms with E-state index in [1.807, 2.05) is 30.3 Å². The number of hydrogen-bond donors (Lipinski definition) is 1. The summed E-state index contributed by atoms with van der Waals surface area (Å²) in [5.74, 6) is 0.686. The Labute approximate surface area is 159 Å². The molecule has 0 spiro atoms. The van der Waals surface area contributed by atoms with Crippen LogP contribution in [0.15, 0.2) is 48.7 Å². The lowest BCUT2D eigenvalue weighted by Crippen LogP contribution is -2.29. The fourth-order valence-corrected chi connectivity index (χ4v) is 3.30. The lowest BCUT2D eigenvalue weighted by atomic mass is 9.87. The van der Waals surface area contributed by atoms with Gasteiger partial charge < -0.3 is 10.1 Å². The van der Waals surface area contributed by atoms with Crippen molar-refractivity contribution in [2.45, 2.75) is 38.5 Å². The van der Waals surface area contributed by atoms with Crippen LogP contribution in [0.25, 0.3) is 0 Å². The first-order valence-corrected chi connectivity index (χ1v) is 9.38. The van der Waals surface area contributed by atoms with Crippen molar-refractivity contribution in [3.8, 4) is 5.88 Å². The average Bonchev–Trinajstić information content (AvgIpc) is 2.70. The van der Waals surface area contributed by atoms with Crippen molar-refractivity contribution in [3.05, 3.63) is 48.7 Å². The molecule has 1 aromatic heterocycles. The molecule has 1 aliphatic carbocycles. The Hall–Kier alpha value is -2.89. The quantitative estimate of drug-likeness (QED) is 0.836. The molecule has 2 aromatic rings. The van der Waals surface area contributed by atoms with E-state index in [-0.39, 0.29) is 11.8 Å². The number of carbonyl (C=O) groups excluding carboxylic acids is 2. The lowest BCUT2D eigenvalue weighted by Gasteiger charge is -2.20. The van der Waals surface area contributed by atoms with Gasteiger partial charge in [-0.25, -0.2) is 9.78 Å². The molecule has 2 amide bonds. The molecular weight excluding hydrogens is 342 g/mol. The highest BCUT2D eigenvalue weighted by Gasteiger charge is 2.17. The van der Waals surface area contributed by atoms with Crippen LogP contribution in [0.1, 0.15) is 38.5 Å². The van der Waals surface area contributed by atoms with Gasteiger partial charge in [0.25, 0.3) is 0 Å². The standard InChI is InChI=1S/C21H25N3O3/c1-24(18-10-6-3-7-11-18)21(26)27-20-13-12-17(15-22-20)23-19(25)14-16-8-4-2-5-9-16/h3,6-7,10-13,15-16H,2,4-5,8-9,14H2,1H3,(H,23,25). The number of anilines is 2. The Bertz CT molecular complexity index is 756. The van der Waals surface area contributed by atoms with Gasteiger partial charge >= 0.3 is 6.09 Å². The Kier molecular flexibility index (Phi) is 6.41. The van der Waals surface area contributed by atoms with Gasteiger partial charge in [-0.15, -0.1) is 0 Å². The van der Waals surface area contributed by atoms with Gasteiger partial charge in [-0.2, -0.15) is 0 Å². The molecular formula is C21H25N3O3. The highest BCUT2D eigenvalue weighted by atomic mass is 16.6. The minimum Gasteiger partial charge on any atom is -0.391 e. The van der Waals surface area contributed by atoms with Crippen molar-refractivity contribution < 1.29 is 14.3 Å². The molecule has 1 N–H and O–H groups in total. The zero-order valence-corrected chi connectivity index (χ0v) is 15.6. The van der Waals surface area contributed by atoms with Crippen LogP contribution in [-0.4, -0.2) is 24.0 Å². The smallest absolute Gasteiger partial charge is 0.391 e. The summed E-state index contributed by atoms with van der Waals surface area (Å²) in [4.78, 5) is 29.9. The van der Waals surface area contributed by atoms with Crippen LogP contribution in [0.2, 0.25) is 0 Å². The van der Waals surface area contributed by atoms with E-state index in [1.165, 1.54) is 30.4 Å². The number of nitrogens with zero attached hydrogens (tertiary/aromatic N) is 2. The molecule has 142 valence electrons. The Balaban J connectivity index is 1.50. The zero-order chi connectivity index (χ0) is 19.1. The van der Waals surface area contributed by atoms with E-state index in [1.54, 1.807) is 19.2 Å². The fraction of sp³-hybridized carbons (Fsp3) is 0.381. The second-order valence-electron chi connectivity index (χ2n) is 6.90. The van der Waals surface area contributed by atoms with Gasteiger partial charge in [0.2, 0.25) is 11.8 Å². The van der Waals surface area contributed by atoms with Gasteiger partial charge in [0, 0.05) is 25.2 Å². The third-order valence-electron chi connectivity index (χ3n) is 4.83. The largest absolute Gasteiger partial charge is 0.420 e. The van der Waals surface area contributed by atoms with Crippen LogP contribution in [0.3, 0.4) is 0 Å². The molecule has 27 heavy (non-hydrogen) atoms. The number of benzene rings is 1. The molecule has 1 saturated carbocycles. The van der Waals surface area contributed by atoms with Crippen molar-refractivity contribution >= 4 is 23.4 Å².